The third kappa shape index (κ3) is 3.91. The zero-order chi connectivity index (χ0) is 20.4. The van der Waals surface area contributed by atoms with E-state index in [9.17, 15) is 14.4 Å². The lowest BCUT2D eigenvalue weighted by molar-refractivity contribution is -0.119. The van der Waals surface area contributed by atoms with E-state index >= 15 is 0 Å². The van der Waals surface area contributed by atoms with Gasteiger partial charge in [-0.25, -0.2) is 9.78 Å². The number of nitrogens with zero attached hydrogens (tertiary/aromatic N) is 2. The maximum atomic E-state index is 13.3. The minimum absolute atomic E-state index is 0.220. The van der Waals surface area contributed by atoms with Crippen LogP contribution < -0.4 is 16.6 Å². The number of carbonyl (C=O) groups excluding carboxylic acids is 2. The second-order valence-corrected chi connectivity index (χ2v) is 7.76. The quantitative estimate of drug-likeness (QED) is 0.521. The van der Waals surface area contributed by atoms with E-state index < -0.39 is 17.2 Å². The number of thioether (sulfide) groups is 1. The van der Waals surface area contributed by atoms with Gasteiger partial charge in [-0.3, -0.25) is 19.5 Å². The van der Waals surface area contributed by atoms with Crippen molar-refractivity contribution in [1.29, 1.82) is 0 Å². The number of aromatic nitrogens is 2. The van der Waals surface area contributed by atoms with Gasteiger partial charge in [-0.15, -0.1) is 0 Å². The third-order valence-corrected chi connectivity index (χ3v) is 5.29. The summed E-state index contributed by atoms with van der Waals surface area (Å²) in [6, 6.07) is 11.9. The standard InChI is InChI=1S/C20H20N4O3S/c1-11-8-9-16(12(2)10-11)24-18(26)14-6-4-5-7-15(14)22-20(24)28-13(3)17(25)23-19(21)27/h4-10,13H,1-3H3,(H3,21,23,25,27). The molecule has 0 radical (unpaired) electrons. The van der Waals surface area contributed by atoms with E-state index in [1.54, 1.807) is 31.2 Å². The first kappa shape index (κ1) is 19.6. The smallest absolute Gasteiger partial charge is 0.318 e. The van der Waals surface area contributed by atoms with Crippen molar-refractivity contribution >= 4 is 34.6 Å². The second-order valence-electron chi connectivity index (χ2n) is 6.46. The van der Waals surface area contributed by atoms with Crippen molar-refractivity contribution in [3.8, 4) is 5.69 Å². The molecule has 3 amide bonds. The molecule has 1 atom stereocenters. The molecule has 0 bridgehead atoms. The molecule has 2 aromatic carbocycles. The summed E-state index contributed by atoms with van der Waals surface area (Å²) in [7, 11) is 0. The van der Waals surface area contributed by atoms with Gasteiger partial charge in [0.15, 0.2) is 5.16 Å². The highest BCUT2D eigenvalue weighted by Crippen LogP contribution is 2.26. The van der Waals surface area contributed by atoms with Crippen LogP contribution in [0.25, 0.3) is 16.6 Å². The normalized spacial score (nSPS) is 12.0. The molecule has 3 rings (SSSR count). The van der Waals surface area contributed by atoms with Crippen LogP contribution in [-0.2, 0) is 4.79 Å². The molecule has 3 N–H and O–H groups in total. The number of amides is 3. The average Bonchev–Trinajstić information content (AvgIpc) is 2.62. The predicted octanol–water partition coefficient (Wildman–Crippen LogP) is 2.68. The Kier molecular flexibility index (Phi) is 5.51. The number of nitrogens with two attached hydrogens (primary N) is 1. The van der Waals surface area contributed by atoms with Crippen molar-refractivity contribution in [2.24, 2.45) is 5.73 Å². The van der Waals surface area contributed by atoms with Gasteiger partial charge in [0.05, 0.1) is 21.8 Å². The number of rotatable bonds is 4. The summed E-state index contributed by atoms with van der Waals surface area (Å²) in [6.07, 6.45) is 0. The molecule has 1 heterocycles. The van der Waals surface area contributed by atoms with Gasteiger partial charge in [-0.1, -0.05) is 41.6 Å². The highest BCUT2D eigenvalue weighted by molar-refractivity contribution is 8.00. The van der Waals surface area contributed by atoms with Crippen molar-refractivity contribution in [2.45, 2.75) is 31.2 Å². The SMILES string of the molecule is Cc1ccc(-n2c(SC(C)C(=O)NC(N)=O)nc3ccccc3c2=O)c(C)c1. The number of aryl methyl sites for hydroxylation is 2. The number of benzene rings is 2. The number of primary amides is 1. The zero-order valence-corrected chi connectivity index (χ0v) is 16.5. The van der Waals surface area contributed by atoms with Gasteiger partial charge < -0.3 is 5.73 Å². The van der Waals surface area contributed by atoms with Crippen LogP contribution in [0.5, 0.6) is 0 Å². The Labute approximate surface area is 166 Å². The van der Waals surface area contributed by atoms with E-state index in [0.29, 0.717) is 21.7 Å². The molecule has 0 fully saturated rings. The summed E-state index contributed by atoms with van der Waals surface area (Å²) in [5.41, 5.74) is 8.03. The van der Waals surface area contributed by atoms with Crippen LogP contribution in [0.4, 0.5) is 4.79 Å². The molecule has 0 spiro atoms. The van der Waals surface area contributed by atoms with Gasteiger partial charge in [0.2, 0.25) is 5.91 Å². The number of urea groups is 1. The van der Waals surface area contributed by atoms with Crippen LogP contribution in [0, 0.1) is 13.8 Å². The highest BCUT2D eigenvalue weighted by atomic mass is 32.2. The van der Waals surface area contributed by atoms with Gasteiger partial charge in [0.1, 0.15) is 0 Å². The van der Waals surface area contributed by atoms with Gasteiger partial charge in [0, 0.05) is 0 Å². The molecule has 7 nitrogen and oxygen atoms in total. The minimum Gasteiger partial charge on any atom is -0.351 e. The van der Waals surface area contributed by atoms with Crippen LogP contribution in [0.1, 0.15) is 18.1 Å². The van der Waals surface area contributed by atoms with Crippen LogP contribution in [0.15, 0.2) is 52.4 Å². The third-order valence-electron chi connectivity index (χ3n) is 4.24. The van der Waals surface area contributed by atoms with Crippen molar-refractivity contribution < 1.29 is 9.59 Å². The molecular weight excluding hydrogens is 376 g/mol. The first-order valence-electron chi connectivity index (χ1n) is 8.64. The van der Waals surface area contributed by atoms with Crippen molar-refractivity contribution in [3.05, 3.63) is 63.9 Å². The molecule has 0 saturated heterocycles. The van der Waals surface area contributed by atoms with Crippen LogP contribution in [0.3, 0.4) is 0 Å². The monoisotopic (exact) mass is 396 g/mol. The summed E-state index contributed by atoms with van der Waals surface area (Å²) < 4.78 is 1.51. The number of para-hydroxylation sites is 1. The molecule has 1 aromatic heterocycles. The maximum Gasteiger partial charge on any atom is 0.318 e. The molecule has 3 aromatic rings. The first-order valence-corrected chi connectivity index (χ1v) is 9.52. The largest absolute Gasteiger partial charge is 0.351 e. The second kappa shape index (κ2) is 7.85. The molecule has 144 valence electrons. The zero-order valence-electron chi connectivity index (χ0n) is 15.7. The molecular formula is C20H20N4O3S. The summed E-state index contributed by atoms with van der Waals surface area (Å²) in [5.74, 6) is -0.549. The summed E-state index contributed by atoms with van der Waals surface area (Å²) >= 11 is 1.09. The number of imide groups is 1. The van der Waals surface area contributed by atoms with Crippen LogP contribution in [-0.4, -0.2) is 26.7 Å². The predicted molar refractivity (Wildman–Crippen MR) is 110 cm³/mol. The van der Waals surface area contributed by atoms with Gasteiger partial charge in [-0.2, -0.15) is 0 Å². The Morgan fingerprint density at radius 1 is 1.18 bits per heavy atom. The summed E-state index contributed by atoms with van der Waals surface area (Å²) in [4.78, 5) is 40.9. The van der Waals surface area contributed by atoms with Crippen LogP contribution in [0.2, 0.25) is 0 Å². The fourth-order valence-corrected chi connectivity index (χ4v) is 3.81. The Bertz CT molecular complexity index is 1140. The molecule has 0 aliphatic carbocycles. The Morgan fingerprint density at radius 3 is 2.57 bits per heavy atom. The summed E-state index contributed by atoms with van der Waals surface area (Å²) in [5, 5.41) is 2.22. The van der Waals surface area contributed by atoms with E-state index in [4.69, 9.17) is 5.73 Å². The number of fused-ring (bicyclic) bond motifs is 1. The Morgan fingerprint density at radius 2 is 1.89 bits per heavy atom. The molecule has 0 aliphatic rings. The molecule has 0 saturated carbocycles. The minimum atomic E-state index is -0.921. The fourth-order valence-electron chi connectivity index (χ4n) is 2.89. The Balaban J connectivity index is 2.19. The van der Waals surface area contributed by atoms with Crippen LogP contribution >= 0.6 is 11.8 Å². The number of carbonyl (C=O) groups is 2. The van der Waals surface area contributed by atoms with Crippen molar-refractivity contribution in [2.75, 3.05) is 0 Å². The molecule has 1 unspecified atom stereocenters. The lowest BCUT2D eigenvalue weighted by atomic mass is 10.1. The maximum absolute atomic E-state index is 13.3. The molecule has 8 heteroatoms. The number of hydrogen-bond acceptors (Lipinski definition) is 5. The average molecular weight is 396 g/mol. The van der Waals surface area contributed by atoms with E-state index in [1.165, 1.54) is 4.57 Å². The van der Waals surface area contributed by atoms with E-state index in [2.05, 4.69) is 10.3 Å². The van der Waals surface area contributed by atoms with E-state index in [1.807, 2.05) is 32.0 Å². The van der Waals surface area contributed by atoms with Gasteiger partial charge in [-0.05, 0) is 44.5 Å². The number of nitrogens with one attached hydrogen (secondary N) is 1. The molecule has 0 aliphatic heterocycles. The summed E-state index contributed by atoms with van der Waals surface area (Å²) in [6.45, 7) is 5.52. The number of hydrogen-bond donors (Lipinski definition) is 2. The fraction of sp³-hybridized carbons (Fsp3) is 0.200. The lowest BCUT2D eigenvalue weighted by Crippen LogP contribution is -2.39. The lowest BCUT2D eigenvalue weighted by Gasteiger charge is -2.17. The van der Waals surface area contributed by atoms with E-state index in [-0.39, 0.29) is 5.56 Å². The van der Waals surface area contributed by atoms with Gasteiger partial charge >= 0.3 is 6.03 Å². The topological polar surface area (TPSA) is 107 Å². The first-order chi connectivity index (χ1) is 13.3. The van der Waals surface area contributed by atoms with Gasteiger partial charge in [0.25, 0.3) is 5.56 Å². The Hall–Kier alpha value is -3.13. The van der Waals surface area contributed by atoms with Crippen molar-refractivity contribution in [1.82, 2.24) is 14.9 Å². The van der Waals surface area contributed by atoms with E-state index in [0.717, 1.165) is 22.9 Å². The van der Waals surface area contributed by atoms with Crippen molar-refractivity contribution in [3.63, 3.8) is 0 Å². The highest BCUT2D eigenvalue weighted by Gasteiger charge is 2.21. The molecule has 28 heavy (non-hydrogen) atoms.